The van der Waals surface area contributed by atoms with Crippen LogP contribution in [0.1, 0.15) is 30.6 Å². The minimum Gasteiger partial charge on any atom is -0.396 e. The highest BCUT2D eigenvalue weighted by molar-refractivity contribution is 7.99. The third-order valence-corrected chi connectivity index (χ3v) is 7.79. The number of hydrogen-bond acceptors (Lipinski definition) is 5. The van der Waals surface area contributed by atoms with Gasteiger partial charge in [0.05, 0.1) is 0 Å². The fourth-order valence-electron chi connectivity index (χ4n) is 2.49. The second kappa shape index (κ2) is 7.26. The Morgan fingerprint density at radius 1 is 1.45 bits per heavy atom. The second-order valence-corrected chi connectivity index (χ2v) is 9.28. The minimum absolute atomic E-state index is 0.0471. The first-order valence-corrected chi connectivity index (χ1v) is 10.4. The first kappa shape index (κ1) is 16.3. The van der Waals surface area contributed by atoms with Crippen molar-refractivity contribution >= 4 is 33.1 Å². The van der Waals surface area contributed by atoms with Crippen molar-refractivity contribution in [2.45, 2.75) is 47.6 Å². The molecule has 0 saturated heterocycles. The van der Waals surface area contributed by atoms with Gasteiger partial charge in [-0.25, -0.2) is 13.1 Å². The molecule has 0 bridgehead atoms. The third kappa shape index (κ3) is 4.21. The van der Waals surface area contributed by atoms with Gasteiger partial charge in [-0.2, -0.15) is 11.8 Å². The fraction of sp³-hybridized carbons (Fsp3) is 0.692. The van der Waals surface area contributed by atoms with Crippen molar-refractivity contribution in [3.8, 4) is 0 Å². The molecule has 4 nitrogen and oxygen atoms in total. The maximum absolute atomic E-state index is 12.3. The van der Waals surface area contributed by atoms with Crippen LogP contribution >= 0.6 is 23.1 Å². The number of aliphatic hydroxyl groups excluding tert-OH is 1. The Morgan fingerprint density at radius 2 is 2.25 bits per heavy atom. The standard InChI is InChI=1S/C13H21NO3S3/c1-18-12-4-2-3-10(9-12)14-20(16,17)13-6-5-11(19-13)7-8-15/h5-6,10,12,14-15H,2-4,7-9H2,1H3. The predicted molar refractivity (Wildman–Crippen MR) is 85.0 cm³/mol. The lowest BCUT2D eigenvalue weighted by Crippen LogP contribution is -2.38. The first-order valence-electron chi connectivity index (χ1n) is 6.80. The van der Waals surface area contributed by atoms with Crippen LogP contribution in [-0.4, -0.2) is 37.7 Å². The summed E-state index contributed by atoms with van der Waals surface area (Å²) in [5.41, 5.74) is 0. The van der Waals surface area contributed by atoms with Gasteiger partial charge in [-0.1, -0.05) is 6.42 Å². The molecule has 2 N–H and O–H groups in total. The highest BCUT2D eigenvalue weighted by Gasteiger charge is 2.26. The minimum atomic E-state index is -3.41. The van der Waals surface area contributed by atoms with Crippen molar-refractivity contribution in [3.63, 3.8) is 0 Å². The monoisotopic (exact) mass is 335 g/mol. The molecule has 2 unspecified atom stereocenters. The van der Waals surface area contributed by atoms with Gasteiger partial charge in [-0.05, 0) is 37.7 Å². The summed E-state index contributed by atoms with van der Waals surface area (Å²) in [4.78, 5) is 0.901. The van der Waals surface area contributed by atoms with Crippen molar-refractivity contribution < 1.29 is 13.5 Å². The van der Waals surface area contributed by atoms with Gasteiger partial charge in [0, 0.05) is 29.2 Å². The Kier molecular flexibility index (Phi) is 5.92. The molecule has 0 radical (unpaired) electrons. The number of sulfonamides is 1. The topological polar surface area (TPSA) is 66.4 Å². The summed E-state index contributed by atoms with van der Waals surface area (Å²) in [5.74, 6) is 0. The quantitative estimate of drug-likeness (QED) is 0.837. The largest absolute Gasteiger partial charge is 0.396 e. The van der Waals surface area contributed by atoms with E-state index in [4.69, 9.17) is 5.11 Å². The van der Waals surface area contributed by atoms with Crippen molar-refractivity contribution in [1.29, 1.82) is 0 Å². The van der Waals surface area contributed by atoms with E-state index in [1.165, 1.54) is 17.8 Å². The van der Waals surface area contributed by atoms with Gasteiger partial charge < -0.3 is 5.11 Å². The molecule has 0 aromatic carbocycles. The van der Waals surface area contributed by atoms with E-state index in [0.717, 1.165) is 24.1 Å². The third-order valence-electron chi connectivity index (χ3n) is 3.54. The molecule has 1 heterocycles. The first-order chi connectivity index (χ1) is 9.55. The van der Waals surface area contributed by atoms with Crippen LogP contribution < -0.4 is 4.72 Å². The second-order valence-electron chi connectivity index (χ2n) is 5.04. The number of aliphatic hydroxyl groups is 1. The lowest BCUT2D eigenvalue weighted by molar-refractivity contribution is 0.300. The number of thiophene rings is 1. The van der Waals surface area contributed by atoms with E-state index in [1.54, 1.807) is 12.1 Å². The Hall–Kier alpha value is -0.0800. The number of rotatable bonds is 6. The van der Waals surface area contributed by atoms with E-state index >= 15 is 0 Å². The molecule has 1 aliphatic carbocycles. The summed E-state index contributed by atoms with van der Waals surface area (Å²) in [5, 5.41) is 9.45. The van der Waals surface area contributed by atoms with E-state index < -0.39 is 10.0 Å². The van der Waals surface area contributed by atoms with Gasteiger partial charge in [-0.3, -0.25) is 0 Å². The molecule has 2 rings (SSSR count). The molecule has 2 atom stereocenters. The van der Waals surface area contributed by atoms with E-state index in [0.29, 0.717) is 15.9 Å². The van der Waals surface area contributed by atoms with Crippen LogP contribution in [-0.2, 0) is 16.4 Å². The zero-order valence-corrected chi connectivity index (χ0v) is 14.0. The van der Waals surface area contributed by atoms with Crippen LogP contribution in [0.25, 0.3) is 0 Å². The zero-order chi connectivity index (χ0) is 14.6. The van der Waals surface area contributed by atoms with Gasteiger partial charge in [-0.15, -0.1) is 11.3 Å². The van der Waals surface area contributed by atoms with Crippen molar-refractivity contribution in [3.05, 3.63) is 17.0 Å². The summed E-state index contributed by atoms with van der Waals surface area (Å²) in [6.07, 6.45) is 6.69. The van der Waals surface area contributed by atoms with Gasteiger partial charge >= 0.3 is 0 Å². The molecule has 7 heteroatoms. The number of thioether (sulfide) groups is 1. The highest BCUT2D eigenvalue weighted by atomic mass is 32.2. The van der Waals surface area contributed by atoms with E-state index in [1.807, 2.05) is 11.8 Å². The van der Waals surface area contributed by atoms with E-state index in [2.05, 4.69) is 11.0 Å². The molecule has 1 fully saturated rings. The smallest absolute Gasteiger partial charge is 0.250 e. The molecule has 0 spiro atoms. The highest BCUT2D eigenvalue weighted by Crippen LogP contribution is 2.29. The molecule has 1 aliphatic rings. The predicted octanol–water partition coefficient (Wildman–Crippen LogP) is 2.24. The molecule has 0 amide bonds. The molecule has 1 saturated carbocycles. The Balaban J connectivity index is 2.02. The average molecular weight is 336 g/mol. The van der Waals surface area contributed by atoms with Gasteiger partial charge in [0.25, 0.3) is 0 Å². The summed E-state index contributed by atoms with van der Waals surface area (Å²) >= 11 is 3.07. The normalized spacial score (nSPS) is 23.9. The Bertz CT molecular complexity index is 527. The van der Waals surface area contributed by atoms with Crippen molar-refractivity contribution in [1.82, 2.24) is 4.72 Å². The van der Waals surface area contributed by atoms with Crippen molar-refractivity contribution in [2.75, 3.05) is 12.9 Å². The van der Waals surface area contributed by atoms with Gasteiger partial charge in [0.2, 0.25) is 10.0 Å². The van der Waals surface area contributed by atoms with Crippen LogP contribution in [0.15, 0.2) is 16.3 Å². The molecule has 114 valence electrons. The van der Waals surface area contributed by atoms with Gasteiger partial charge in [0.15, 0.2) is 0 Å². The Labute approximate surface area is 129 Å². The maximum atomic E-state index is 12.3. The zero-order valence-electron chi connectivity index (χ0n) is 11.5. The fourth-order valence-corrected chi connectivity index (χ4v) is 5.96. The van der Waals surface area contributed by atoms with Crippen LogP contribution in [0, 0.1) is 0 Å². The Morgan fingerprint density at radius 3 is 2.95 bits per heavy atom. The van der Waals surface area contributed by atoms with E-state index in [9.17, 15) is 8.42 Å². The number of hydrogen-bond donors (Lipinski definition) is 2. The molecule has 0 aliphatic heterocycles. The summed E-state index contributed by atoms with van der Waals surface area (Å²) in [6, 6.07) is 3.46. The molecule has 1 aromatic heterocycles. The van der Waals surface area contributed by atoms with Gasteiger partial charge in [0.1, 0.15) is 4.21 Å². The number of nitrogens with one attached hydrogen (secondary N) is 1. The summed E-state index contributed by atoms with van der Waals surface area (Å²) < 4.78 is 27.9. The average Bonchev–Trinajstić information content (AvgIpc) is 2.88. The molecular formula is C13H21NO3S3. The summed E-state index contributed by atoms with van der Waals surface area (Å²) in [6.45, 7) is 0.0471. The van der Waals surface area contributed by atoms with E-state index in [-0.39, 0.29) is 12.6 Å². The lowest BCUT2D eigenvalue weighted by Gasteiger charge is -2.28. The molecule has 1 aromatic rings. The summed E-state index contributed by atoms with van der Waals surface area (Å²) in [7, 11) is -3.41. The molecule has 20 heavy (non-hydrogen) atoms. The SMILES string of the molecule is CSC1CCCC(NS(=O)(=O)c2ccc(CCO)s2)C1. The van der Waals surface area contributed by atoms with Crippen LogP contribution in [0.3, 0.4) is 0 Å². The van der Waals surface area contributed by atoms with Crippen LogP contribution in [0.4, 0.5) is 0 Å². The molecular weight excluding hydrogens is 314 g/mol. The lowest BCUT2D eigenvalue weighted by atomic mass is 9.96. The van der Waals surface area contributed by atoms with Crippen LogP contribution in [0.2, 0.25) is 0 Å². The van der Waals surface area contributed by atoms with Crippen LogP contribution in [0.5, 0.6) is 0 Å². The van der Waals surface area contributed by atoms with Crippen molar-refractivity contribution in [2.24, 2.45) is 0 Å². The maximum Gasteiger partial charge on any atom is 0.250 e.